The van der Waals surface area contributed by atoms with Crippen LogP contribution in [0, 0.1) is 12.3 Å². The molecule has 0 aliphatic rings. The second-order valence-corrected chi connectivity index (χ2v) is 9.44. The normalized spacial score (nSPS) is 11.3. The lowest BCUT2D eigenvalue weighted by Crippen LogP contribution is -2.46. The number of hydrogen-bond donors (Lipinski definition) is 1. The first-order valence-corrected chi connectivity index (χ1v) is 12.2. The quantitative estimate of drug-likeness (QED) is 0.379. The molecule has 0 saturated carbocycles. The van der Waals surface area contributed by atoms with Crippen molar-refractivity contribution in [3.8, 4) is 16.9 Å². The first-order chi connectivity index (χ1) is 16.2. The minimum Gasteiger partial charge on any atom is -0.333 e. The van der Waals surface area contributed by atoms with Gasteiger partial charge in [-0.05, 0) is 39.3 Å². The summed E-state index contributed by atoms with van der Waals surface area (Å²) in [4.78, 5) is 27.8. The Morgan fingerprint density at radius 2 is 1.76 bits per heavy atom. The molecule has 34 heavy (non-hydrogen) atoms. The van der Waals surface area contributed by atoms with Crippen LogP contribution in [0.3, 0.4) is 0 Å². The third-order valence-electron chi connectivity index (χ3n) is 5.64. The molecule has 0 spiro atoms. The smallest absolute Gasteiger partial charge is 0.245 e. The van der Waals surface area contributed by atoms with E-state index in [4.69, 9.17) is 16.7 Å². The summed E-state index contributed by atoms with van der Waals surface area (Å²) in [6.45, 7) is 8.15. The minimum atomic E-state index is -0.736. The molecule has 0 aliphatic carbocycles. The van der Waals surface area contributed by atoms with Crippen LogP contribution >= 0.6 is 11.6 Å². The third kappa shape index (κ3) is 6.26. The molecule has 0 saturated heterocycles. The maximum absolute atomic E-state index is 13.1. The molecule has 0 radical (unpaired) electrons. The summed E-state index contributed by atoms with van der Waals surface area (Å²) >= 11 is 6.03. The number of carbonyl (C=O) groups is 2. The highest BCUT2D eigenvalue weighted by atomic mass is 35.5. The summed E-state index contributed by atoms with van der Waals surface area (Å²) in [6, 6.07) is 19.6. The van der Waals surface area contributed by atoms with E-state index in [1.54, 1.807) is 23.4 Å². The van der Waals surface area contributed by atoms with Crippen molar-refractivity contribution >= 4 is 29.2 Å². The van der Waals surface area contributed by atoms with Gasteiger partial charge < -0.3 is 10.2 Å². The summed E-state index contributed by atoms with van der Waals surface area (Å²) in [5.74, 6) is 0.342. The predicted molar refractivity (Wildman–Crippen MR) is 138 cm³/mol. The average molecular weight is 481 g/mol. The van der Waals surface area contributed by atoms with Crippen molar-refractivity contribution < 1.29 is 9.59 Å². The van der Waals surface area contributed by atoms with Crippen LogP contribution in [0.5, 0.6) is 0 Å². The van der Waals surface area contributed by atoms with E-state index < -0.39 is 5.41 Å². The Labute approximate surface area is 206 Å². The van der Waals surface area contributed by atoms with Crippen LogP contribution in [-0.2, 0) is 9.59 Å². The van der Waals surface area contributed by atoms with Crippen LogP contribution in [-0.4, -0.2) is 45.5 Å². The van der Waals surface area contributed by atoms with Gasteiger partial charge in [0.2, 0.25) is 11.8 Å². The predicted octanol–water partition coefficient (Wildman–Crippen LogP) is 5.68. The molecule has 1 heterocycles. The van der Waals surface area contributed by atoms with Gasteiger partial charge in [-0.3, -0.25) is 9.59 Å². The van der Waals surface area contributed by atoms with E-state index >= 15 is 0 Å². The molecule has 6 nitrogen and oxygen atoms in total. The molecular weight excluding hydrogens is 448 g/mol. The number of amides is 2. The number of carbonyl (C=O) groups excluding carboxylic acids is 2. The summed E-state index contributed by atoms with van der Waals surface area (Å²) < 4.78 is 1.72. The van der Waals surface area contributed by atoms with E-state index in [1.165, 1.54) is 0 Å². The molecule has 0 unspecified atom stereocenters. The van der Waals surface area contributed by atoms with E-state index in [2.05, 4.69) is 12.2 Å². The number of alkyl halides is 1. The van der Waals surface area contributed by atoms with Gasteiger partial charge in [-0.25, -0.2) is 4.68 Å². The standard InChI is InChI=1S/C27H33ClN4O2/c1-5-6-16-31(26(34)27(3,4)19-28)18-25(33)29-24-17-23(21-10-8-7-9-11-21)30-32(24)22-14-12-20(2)13-15-22/h7-15,17H,5-6,16,18-19H2,1-4H3,(H,29,33). The van der Waals surface area contributed by atoms with Crippen molar-refractivity contribution in [3.05, 3.63) is 66.2 Å². The first-order valence-electron chi connectivity index (χ1n) is 11.6. The molecule has 3 aromatic rings. The lowest BCUT2D eigenvalue weighted by Gasteiger charge is -2.30. The number of anilines is 1. The van der Waals surface area contributed by atoms with Crippen LogP contribution in [0.2, 0.25) is 0 Å². The molecule has 3 rings (SSSR count). The van der Waals surface area contributed by atoms with Gasteiger partial charge in [-0.15, -0.1) is 11.6 Å². The number of rotatable bonds is 10. The second-order valence-electron chi connectivity index (χ2n) is 9.17. The van der Waals surface area contributed by atoms with Gasteiger partial charge in [0.1, 0.15) is 5.82 Å². The van der Waals surface area contributed by atoms with E-state index in [9.17, 15) is 9.59 Å². The number of aryl methyl sites for hydroxylation is 1. The Morgan fingerprint density at radius 3 is 2.38 bits per heavy atom. The Bertz CT molecular complexity index is 1110. The molecule has 2 amide bonds. The van der Waals surface area contributed by atoms with Gasteiger partial charge in [0.25, 0.3) is 0 Å². The Kier molecular flexibility index (Phi) is 8.51. The van der Waals surface area contributed by atoms with Gasteiger partial charge in [0.05, 0.1) is 23.3 Å². The van der Waals surface area contributed by atoms with Crippen LogP contribution < -0.4 is 5.32 Å². The Morgan fingerprint density at radius 1 is 1.09 bits per heavy atom. The molecule has 0 atom stereocenters. The van der Waals surface area contributed by atoms with Crippen molar-refractivity contribution in [2.24, 2.45) is 5.41 Å². The zero-order chi connectivity index (χ0) is 24.7. The summed E-state index contributed by atoms with van der Waals surface area (Å²) in [6.07, 6.45) is 1.74. The number of unbranched alkanes of at least 4 members (excludes halogenated alkanes) is 1. The van der Waals surface area contributed by atoms with Crippen molar-refractivity contribution in [2.75, 3.05) is 24.3 Å². The van der Waals surface area contributed by atoms with Gasteiger partial charge in [-0.1, -0.05) is 61.4 Å². The topological polar surface area (TPSA) is 67.2 Å². The number of nitrogens with one attached hydrogen (secondary N) is 1. The van der Waals surface area contributed by atoms with Crippen molar-refractivity contribution in [2.45, 2.75) is 40.5 Å². The largest absolute Gasteiger partial charge is 0.333 e. The van der Waals surface area contributed by atoms with Crippen molar-refractivity contribution in [1.82, 2.24) is 14.7 Å². The maximum Gasteiger partial charge on any atom is 0.245 e. The number of benzene rings is 2. The molecule has 180 valence electrons. The summed E-state index contributed by atoms with van der Waals surface area (Å²) in [5, 5.41) is 7.73. The zero-order valence-corrected chi connectivity index (χ0v) is 21.1. The summed E-state index contributed by atoms with van der Waals surface area (Å²) in [5.41, 5.74) is 2.94. The monoisotopic (exact) mass is 480 g/mol. The van der Waals surface area contributed by atoms with E-state index in [0.717, 1.165) is 35.3 Å². The highest BCUT2D eigenvalue weighted by Crippen LogP contribution is 2.25. The van der Waals surface area contributed by atoms with Gasteiger partial charge in [0.15, 0.2) is 0 Å². The number of hydrogen-bond acceptors (Lipinski definition) is 3. The maximum atomic E-state index is 13.1. The summed E-state index contributed by atoms with van der Waals surface area (Å²) in [7, 11) is 0. The molecule has 1 N–H and O–H groups in total. The van der Waals surface area contributed by atoms with Gasteiger partial charge in [-0.2, -0.15) is 5.10 Å². The Balaban J connectivity index is 1.88. The molecule has 2 aromatic carbocycles. The van der Waals surface area contributed by atoms with Gasteiger partial charge in [0, 0.05) is 24.1 Å². The van der Waals surface area contributed by atoms with Crippen LogP contribution in [0.4, 0.5) is 5.82 Å². The van der Waals surface area contributed by atoms with E-state index in [-0.39, 0.29) is 24.2 Å². The fraction of sp³-hybridized carbons (Fsp3) is 0.370. The SMILES string of the molecule is CCCCN(CC(=O)Nc1cc(-c2ccccc2)nn1-c1ccc(C)cc1)C(=O)C(C)(C)CCl. The fourth-order valence-corrected chi connectivity index (χ4v) is 3.66. The average Bonchev–Trinajstić information content (AvgIpc) is 3.25. The number of nitrogens with zero attached hydrogens (tertiary/aromatic N) is 3. The number of halogens is 1. The first kappa shape index (κ1) is 25.5. The second kappa shape index (κ2) is 11.3. The molecule has 7 heteroatoms. The molecule has 1 aromatic heterocycles. The molecule has 0 fully saturated rings. The zero-order valence-electron chi connectivity index (χ0n) is 20.3. The molecule has 0 aliphatic heterocycles. The third-order valence-corrected chi connectivity index (χ3v) is 6.31. The Hall–Kier alpha value is -3.12. The van der Waals surface area contributed by atoms with Crippen molar-refractivity contribution in [3.63, 3.8) is 0 Å². The van der Waals surface area contributed by atoms with Crippen molar-refractivity contribution in [1.29, 1.82) is 0 Å². The van der Waals surface area contributed by atoms with E-state index in [1.807, 2.05) is 67.6 Å². The lowest BCUT2D eigenvalue weighted by atomic mass is 9.94. The molecule has 0 bridgehead atoms. The van der Waals surface area contributed by atoms with E-state index in [0.29, 0.717) is 12.4 Å². The molecular formula is C27H33ClN4O2. The lowest BCUT2D eigenvalue weighted by molar-refractivity contribution is -0.141. The number of aromatic nitrogens is 2. The van der Waals surface area contributed by atoms with Crippen LogP contribution in [0.1, 0.15) is 39.2 Å². The minimum absolute atomic E-state index is 0.0428. The fourth-order valence-electron chi connectivity index (χ4n) is 3.55. The van der Waals surface area contributed by atoms with Crippen LogP contribution in [0.25, 0.3) is 16.9 Å². The van der Waals surface area contributed by atoms with Crippen LogP contribution in [0.15, 0.2) is 60.7 Å². The van der Waals surface area contributed by atoms with Gasteiger partial charge >= 0.3 is 0 Å². The highest BCUT2D eigenvalue weighted by Gasteiger charge is 2.32. The highest BCUT2D eigenvalue weighted by molar-refractivity contribution is 6.19.